The van der Waals surface area contributed by atoms with Crippen LogP contribution in [0.5, 0.6) is 0 Å². The number of rotatable bonds is 3. The highest BCUT2D eigenvalue weighted by molar-refractivity contribution is 5.37. The van der Waals surface area contributed by atoms with E-state index in [2.05, 4.69) is 4.74 Å². The Balaban J connectivity index is 0.000001000. The third-order valence-electron chi connectivity index (χ3n) is 1.16. The molecule has 0 aliphatic carbocycles. The molecule has 1 rings (SSSR count). The number of benzene rings is 1. The molecule has 1 aromatic carbocycles. The molecule has 0 aromatic heterocycles. The molecular weight excluding hydrogens is 164 g/mol. The second kappa shape index (κ2) is 5.74. The first-order valence-corrected chi connectivity index (χ1v) is 3.02. The largest absolute Gasteiger partial charge is 1.00 e. The third kappa shape index (κ3) is 3.63. The summed E-state index contributed by atoms with van der Waals surface area (Å²) >= 11 is 0. The molecular formula is C8H8ClO2-. The van der Waals surface area contributed by atoms with Crippen molar-refractivity contribution in [2.24, 2.45) is 0 Å². The van der Waals surface area contributed by atoms with Gasteiger partial charge in [0.25, 0.3) is 6.47 Å². The van der Waals surface area contributed by atoms with Crippen molar-refractivity contribution in [1.82, 2.24) is 0 Å². The molecule has 0 atom stereocenters. The van der Waals surface area contributed by atoms with Crippen molar-refractivity contribution in [3.05, 3.63) is 35.9 Å². The Hall–Kier alpha value is -1.02. The van der Waals surface area contributed by atoms with Gasteiger partial charge in [0.1, 0.15) is 6.61 Å². The van der Waals surface area contributed by atoms with Gasteiger partial charge in [-0.2, -0.15) is 0 Å². The Morgan fingerprint density at radius 3 is 2.45 bits per heavy atom. The van der Waals surface area contributed by atoms with Crippen LogP contribution in [0.25, 0.3) is 0 Å². The number of ether oxygens (including phenoxy) is 1. The van der Waals surface area contributed by atoms with Crippen LogP contribution in [0, 0.1) is 0 Å². The molecule has 0 saturated carbocycles. The lowest BCUT2D eigenvalue weighted by molar-refractivity contribution is -0.129. The van der Waals surface area contributed by atoms with Crippen LogP contribution in [0.2, 0.25) is 0 Å². The first kappa shape index (κ1) is 9.98. The molecule has 0 spiro atoms. The van der Waals surface area contributed by atoms with Crippen LogP contribution in [0.4, 0.5) is 0 Å². The van der Waals surface area contributed by atoms with Crippen LogP contribution in [0.15, 0.2) is 30.3 Å². The first-order valence-electron chi connectivity index (χ1n) is 3.02. The van der Waals surface area contributed by atoms with Crippen molar-refractivity contribution < 1.29 is 21.9 Å². The quantitative estimate of drug-likeness (QED) is 0.511. The van der Waals surface area contributed by atoms with Gasteiger partial charge in [0, 0.05) is 0 Å². The first-order chi connectivity index (χ1) is 4.93. The molecule has 60 valence electrons. The smallest absolute Gasteiger partial charge is 0.293 e. The standard InChI is InChI=1S/C8H8O2.ClH/c9-7-10-6-8-4-2-1-3-5-8;/h1-5,7H,6H2;1H/p-1. The molecule has 0 fully saturated rings. The van der Waals surface area contributed by atoms with Gasteiger partial charge in [-0.1, -0.05) is 30.3 Å². The molecule has 2 nitrogen and oxygen atoms in total. The highest BCUT2D eigenvalue weighted by atomic mass is 35.5. The van der Waals surface area contributed by atoms with E-state index in [0.717, 1.165) is 5.56 Å². The van der Waals surface area contributed by atoms with Crippen molar-refractivity contribution in [1.29, 1.82) is 0 Å². The number of carbonyl (C=O) groups excluding carboxylic acids is 1. The van der Waals surface area contributed by atoms with E-state index in [1.807, 2.05) is 30.3 Å². The minimum absolute atomic E-state index is 0. The maximum absolute atomic E-state index is 9.76. The summed E-state index contributed by atoms with van der Waals surface area (Å²) < 4.78 is 4.54. The SMILES string of the molecule is O=COCc1ccccc1.[Cl-]. The molecule has 0 aliphatic heterocycles. The molecule has 3 heteroatoms. The maximum Gasteiger partial charge on any atom is 0.293 e. The molecule has 11 heavy (non-hydrogen) atoms. The number of hydrogen-bond donors (Lipinski definition) is 0. The van der Waals surface area contributed by atoms with Gasteiger partial charge in [-0.05, 0) is 5.56 Å². The minimum atomic E-state index is 0. The van der Waals surface area contributed by atoms with E-state index in [0.29, 0.717) is 13.1 Å². The van der Waals surface area contributed by atoms with Crippen molar-refractivity contribution in [3.8, 4) is 0 Å². The van der Waals surface area contributed by atoms with Crippen molar-refractivity contribution in [2.75, 3.05) is 0 Å². The zero-order chi connectivity index (χ0) is 7.23. The van der Waals surface area contributed by atoms with E-state index < -0.39 is 0 Å². The summed E-state index contributed by atoms with van der Waals surface area (Å²) in [5.41, 5.74) is 1.01. The van der Waals surface area contributed by atoms with Gasteiger partial charge >= 0.3 is 0 Å². The number of carbonyl (C=O) groups is 1. The highest BCUT2D eigenvalue weighted by Gasteiger charge is 1.87. The van der Waals surface area contributed by atoms with Gasteiger partial charge in [0.2, 0.25) is 0 Å². The number of halogens is 1. The number of hydrogen-bond acceptors (Lipinski definition) is 2. The maximum atomic E-state index is 9.76. The van der Waals surface area contributed by atoms with E-state index in [9.17, 15) is 4.79 Å². The summed E-state index contributed by atoms with van der Waals surface area (Å²) in [5.74, 6) is 0. The lowest BCUT2D eigenvalue weighted by atomic mass is 10.2. The summed E-state index contributed by atoms with van der Waals surface area (Å²) in [7, 11) is 0. The molecule has 0 unspecified atom stereocenters. The van der Waals surface area contributed by atoms with Crippen molar-refractivity contribution in [2.45, 2.75) is 6.61 Å². The van der Waals surface area contributed by atoms with Crippen LogP contribution in [-0.4, -0.2) is 6.47 Å². The van der Waals surface area contributed by atoms with Crippen LogP contribution >= 0.6 is 0 Å². The Bertz CT molecular complexity index is 199. The molecule has 0 saturated heterocycles. The summed E-state index contributed by atoms with van der Waals surface area (Å²) in [4.78, 5) is 9.76. The Morgan fingerprint density at radius 2 is 1.91 bits per heavy atom. The highest BCUT2D eigenvalue weighted by Crippen LogP contribution is 1.98. The van der Waals surface area contributed by atoms with E-state index >= 15 is 0 Å². The summed E-state index contributed by atoms with van der Waals surface area (Å²) in [6.07, 6.45) is 0. The van der Waals surface area contributed by atoms with Crippen LogP contribution in [0.1, 0.15) is 5.56 Å². The van der Waals surface area contributed by atoms with Crippen LogP contribution in [-0.2, 0) is 16.1 Å². The Labute approximate surface area is 71.6 Å². The fraction of sp³-hybridized carbons (Fsp3) is 0.125. The zero-order valence-electron chi connectivity index (χ0n) is 5.87. The third-order valence-corrected chi connectivity index (χ3v) is 1.16. The summed E-state index contributed by atoms with van der Waals surface area (Å²) in [5, 5.41) is 0. The molecule has 0 amide bonds. The average Bonchev–Trinajstić information content (AvgIpc) is 2.03. The molecule has 0 bridgehead atoms. The minimum Gasteiger partial charge on any atom is -1.00 e. The van der Waals surface area contributed by atoms with E-state index in [-0.39, 0.29) is 12.4 Å². The van der Waals surface area contributed by atoms with E-state index in [1.165, 1.54) is 0 Å². The van der Waals surface area contributed by atoms with Gasteiger partial charge in [-0.25, -0.2) is 0 Å². The lowest BCUT2D eigenvalue weighted by Crippen LogP contribution is -3.00. The van der Waals surface area contributed by atoms with Gasteiger partial charge in [0.15, 0.2) is 0 Å². The monoisotopic (exact) mass is 171 g/mol. The Kier molecular flexibility index (Phi) is 5.21. The fourth-order valence-corrected chi connectivity index (χ4v) is 0.704. The fourth-order valence-electron chi connectivity index (χ4n) is 0.704. The lowest BCUT2D eigenvalue weighted by Gasteiger charge is -1.95. The normalized spacial score (nSPS) is 8.00. The van der Waals surface area contributed by atoms with Gasteiger partial charge in [-0.3, -0.25) is 4.79 Å². The molecule has 0 radical (unpaired) electrons. The second-order valence-corrected chi connectivity index (χ2v) is 1.89. The van der Waals surface area contributed by atoms with Crippen molar-refractivity contribution in [3.63, 3.8) is 0 Å². The van der Waals surface area contributed by atoms with Gasteiger partial charge in [-0.15, -0.1) is 0 Å². The van der Waals surface area contributed by atoms with Crippen LogP contribution in [0.3, 0.4) is 0 Å². The van der Waals surface area contributed by atoms with Gasteiger partial charge < -0.3 is 17.1 Å². The van der Waals surface area contributed by atoms with E-state index in [4.69, 9.17) is 0 Å². The zero-order valence-corrected chi connectivity index (χ0v) is 6.62. The summed E-state index contributed by atoms with van der Waals surface area (Å²) in [6, 6.07) is 9.55. The van der Waals surface area contributed by atoms with Crippen LogP contribution < -0.4 is 12.4 Å². The average molecular weight is 172 g/mol. The topological polar surface area (TPSA) is 26.3 Å². The molecule has 0 heterocycles. The van der Waals surface area contributed by atoms with E-state index in [1.54, 1.807) is 0 Å². The predicted molar refractivity (Wildman–Crippen MR) is 37.3 cm³/mol. The predicted octanol–water partition coefficient (Wildman–Crippen LogP) is -1.64. The Morgan fingerprint density at radius 1 is 1.27 bits per heavy atom. The van der Waals surface area contributed by atoms with Gasteiger partial charge in [0.05, 0.1) is 0 Å². The molecule has 0 aliphatic rings. The van der Waals surface area contributed by atoms with Crippen molar-refractivity contribution >= 4 is 6.47 Å². The molecule has 0 N–H and O–H groups in total. The molecule has 1 aromatic rings. The second-order valence-electron chi connectivity index (χ2n) is 1.89. The summed E-state index contributed by atoms with van der Waals surface area (Å²) in [6.45, 7) is 0.817.